The van der Waals surface area contributed by atoms with E-state index in [1.807, 2.05) is 6.08 Å². The molecule has 0 heterocycles. The Morgan fingerprint density at radius 3 is 2.68 bits per heavy atom. The van der Waals surface area contributed by atoms with Gasteiger partial charge in [-0.25, -0.2) is 0 Å². The van der Waals surface area contributed by atoms with Crippen LogP contribution in [0.4, 0.5) is 0 Å². The van der Waals surface area contributed by atoms with E-state index in [0.717, 1.165) is 19.3 Å². The summed E-state index contributed by atoms with van der Waals surface area (Å²) in [6.45, 7) is 3.92. The van der Waals surface area contributed by atoms with E-state index in [1.165, 1.54) is 7.11 Å². The predicted octanol–water partition coefficient (Wildman–Crippen LogP) is 3.89. The molecule has 28 heavy (non-hydrogen) atoms. The highest BCUT2D eigenvalue weighted by molar-refractivity contribution is 5.92. The lowest BCUT2D eigenvalue weighted by molar-refractivity contribution is -0.154. The molecule has 1 unspecified atom stereocenters. The van der Waals surface area contributed by atoms with Crippen molar-refractivity contribution < 1.29 is 24.5 Å². The summed E-state index contributed by atoms with van der Waals surface area (Å²) in [5, 5.41) is 19.4. The van der Waals surface area contributed by atoms with Gasteiger partial charge in [-0.2, -0.15) is 0 Å². The third-order valence-electron chi connectivity index (χ3n) is 5.48. The van der Waals surface area contributed by atoms with Crippen molar-refractivity contribution in [3.05, 3.63) is 30.0 Å². The van der Waals surface area contributed by atoms with Gasteiger partial charge in [0.1, 0.15) is 5.78 Å². The van der Waals surface area contributed by atoms with E-state index in [9.17, 15) is 14.7 Å². The van der Waals surface area contributed by atoms with Crippen LogP contribution < -0.4 is 0 Å². The molecule has 3 atom stereocenters. The molecule has 0 saturated heterocycles. The van der Waals surface area contributed by atoms with Gasteiger partial charge in [0.25, 0.3) is 0 Å². The van der Waals surface area contributed by atoms with Crippen molar-refractivity contribution in [1.29, 1.82) is 0 Å². The van der Waals surface area contributed by atoms with Crippen LogP contribution in [0.3, 0.4) is 0 Å². The number of Topliss-reactive ketones (excluding diaryl/α,β-unsaturated/α-hetero) is 1. The fourth-order valence-electron chi connectivity index (χ4n) is 3.81. The number of hydrogen-bond donors (Lipinski definition) is 2. The Kier molecular flexibility index (Phi) is 10.4. The SMILES string of the molecule is CCCCC(C)(O)C/C=C/[C@@](CC=C=CCCO)(C(=O)OC)[C@H]1CCCC1=O. The van der Waals surface area contributed by atoms with Gasteiger partial charge < -0.3 is 14.9 Å². The molecule has 5 heteroatoms. The van der Waals surface area contributed by atoms with Gasteiger partial charge in [-0.3, -0.25) is 9.59 Å². The molecule has 0 aromatic heterocycles. The third kappa shape index (κ3) is 7.05. The number of carbonyl (C=O) groups is 2. The van der Waals surface area contributed by atoms with Gasteiger partial charge in [0.2, 0.25) is 0 Å². The van der Waals surface area contributed by atoms with Crippen molar-refractivity contribution >= 4 is 11.8 Å². The van der Waals surface area contributed by atoms with E-state index in [2.05, 4.69) is 12.7 Å². The summed E-state index contributed by atoms with van der Waals surface area (Å²) in [4.78, 5) is 25.3. The predicted molar refractivity (Wildman–Crippen MR) is 110 cm³/mol. The summed E-state index contributed by atoms with van der Waals surface area (Å²) >= 11 is 0. The number of carbonyl (C=O) groups excluding carboxylic acids is 2. The molecule has 0 aromatic rings. The normalized spacial score (nSPS) is 21.0. The lowest BCUT2D eigenvalue weighted by atomic mass is 9.70. The van der Waals surface area contributed by atoms with Crippen molar-refractivity contribution in [2.75, 3.05) is 13.7 Å². The van der Waals surface area contributed by atoms with Crippen LogP contribution in [0.5, 0.6) is 0 Å². The molecule has 0 aromatic carbocycles. The Labute approximate surface area is 169 Å². The minimum absolute atomic E-state index is 0.0385. The van der Waals surface area contributed by atoms with Crippen molar-refractivity contribution in [2.45, 2.75) is 77.2 Å². The molecule has 0 aliphatic heterocycles. The molecule has 0 amide bonds. The molecular weight excluding hydrogens is 356 g/mol. The van der Waals surface area contributed by atoms with E-state index in [-0.39, 0.29) is 12.4 Å². The maximum Gasteiger partial charge on any atom is 0.316 e. The molecule has 1 fully saturated rings. The van der Waals surface area contributed by atoms with Crippen LogP contribution in [0.2, 0.25) is 0 Å². The number of unbranched alkanes of at least 4 members (excludes halogenated alkanes) is 1. The maximum absolute atomic E-state index is 12.8. The van der Waals surface area contributed by atoms with Crippen LogP contribution >= 0.6 is 0 Å². The smallest absolute Gasteiger partial charge is 0.316 e. The van der Waals surface area contributed by atoms with Gasteiger partial charge in [-0.15, -0.1) is 5.73 Å². The first kappa shape index (κ1) is 24.4. The number of aliphatic hydroxyl groups is 2. The highest BCUT2D eigenvalue weighted by Gasteiger charge is 2.48. The average Bonchev–Trinajstić information content (AvgIpc) is 3.10. The fraction of sp³-hybridized carbons (Fsp3) is 0.696. The van der Waals surface area contributed by atoms with E-state index in [0.29, 0.717) is 38.5 Å². The van der Waals surface area contributed by atoms with Gasteiger partial charge >= 0.3 is 5.97 Å². The zero-order valence-corrected chi connectivity index (χ0v) is 17.6. The lowest BCUT2D eigenvalue weighted by Crippen LogP contribution is -2.40. The van der Waals surface area contributed by atoms with Gasteiger partial charge in [-0.1, -0.05) is 31.9 Å². The van der Waals surface area contributed by atoms with E-state index >= 15 is 0 Å². The first-order chi connectivity index (χ1) is 13.3. The van der Waals surface area contributed by atoms with Crippen LogP contribution in [0, 0.1) is 11.3 Å². The first-order valence-electron chi connectivity index (χ1n) is 10.3. The quantitative estimate of drug-likeness (QED) is 0.299. The summed E-state index contributed by atoms with van der Waals surface area (Å²) in [7, 11) is 1.34. The van der Waals surface area contributed by atoms with Crippen LogP contribution in [0.25, 0.3) is 0 Å². The Bertz CT molecular complexity index is 598. The van der Waals surface area contributed by atoms with Gasteiger partial charge in [-0.05, 0) is 57.6 Å². The first-order valence-corrected chi connectivity index (χ1v) is 10.3. The van der Waals surface area contributed by atoms with E-state index in [4.69, 9.17) is 9.84 Å². The Balaban J connectivity index is 3.15. The van der Waals surface area contributed by atoms with Crippen molar-refractivity contribution in [1.82, 2.24) is 0 Å². The Morgan fingerprint density at radius 1 is 1.36 bits per heavy atom. The summed E-state index contributed by atoms with van der Waals surface area (Å²) in [5.41, 5.74) is 1.06. The van der Waals surface area contributed by atoms with Crippen molar-refractivity contribution in [3.63, 3.8) is 0 Å². The van der Waals surface area contributed by atoms with E-state index in [1.54, 1.807) is 25.2 Å². The zero-order chi connectivity index (χ0) is 21.0. The summed E-state index contributed by atoms with van der Waals surface area (Å²) in [5.74, 6) is -0.773. The number of methoxy groups -OCH3 is 1. The zero-order valence-electron chi connectivity index (χ0n) is 17.6. The number of ether oxygens (including phenoxy) is 1. The summed E-state index contributed by atoms with van der Waals surface area (Å²) in [6, 6.07) is 0. The molecule has 158 valence electrons. The maximum atomic E-state index is 12.8. The Hall–Kier alpha value is -1.68. The van der Waals surface area contributed by atoms with Crippen LogP contribution in [0.15, 0.2) is 30.0 Å². The van der Waals surface area contributed by atoms with Crippen LogP contribution in [-0.2, 0) is 14.3 Å². The highest BCUT2D eigenvalue weighted by atomic mass is 16.5. The fourth-order valence-corrected chi connectivity index (χ4v) is 3.81. The summed E-state index contributed by atoms with van der Waals surface area (Å²) < 4.78 is 5.10. The van der Waals surface area contributed by atoms with Gasteiger partial charge in [0.15, 0.2) is 0 Å². The van der Waals surface area contributed by atoms with Gasteiger partial charge in [0.05, 0.1) is 18.1 Å². The van der Waals surface area contributed by atoms with Crippen LogP contribution in [-0.4, -0.2) is 41.3 Å². The molecule has 1 rings (SSSR count). The second-order valence-corrected chi connectivity index (χ2v) is 7.94. The number of esters is 1. The topological polar surface area (TPSA) is 83.8 Å². The molecule has 0 bridgehead atoms. The standard InChI is InChI=1S/C23H36O5/c1-4-5-14-22(2,27)15-11-17-23(21(26)28-3,16-8-6-7-9-18-24)19-12-10-13-20(19)25/h7-8,11,17,19,24,27H,4-5,9-10,12-16,18H2,1-3H3/b17-11+/t6?,19-,22?,23+/m0/s1. The third-order valence-corrected chi connectivity index (χ3v) is 5.48. The molecule has 2 N–H and O–H groups in total. The summed E-state index contributed by atoms with van der Waals surface area (Å²) in [6.07, 6.45) is 12.8. The molecule has 1 aliphatic carbocycles. The second kappa shape index (κ2) is 12.0. The molecule has 1 aliphatic rings. The highest BCUT2D eigenvalue weighted by Crippen LogP contribution is 2.43. The molecule has 0 radical (unpaired) electrons. The molecule has 0 spiro atoms. The molecule has 5 nitrogen and oxygen atoms in total. The number of hydrogen-bond acceptors (Lipinski definition) is 5. The number of rotatable bonds is 12. The van der Waals surface area contributed by atoms with Crippen molar-refractivity contribution in [2.24, 2.45) is 11.3 Å². The van der Waals surface area contributed by atoms with Gasteiger partial charge in [0, 0.05) is 18.9 Å². The number of aliphatic hydroxyl groups excluding tert-OH is 1. The largest absolute Gasteiger partial charge is 0.468 e. The average molecular weight is 393 g/mol. The Morgan fingerprint density at radius 2 is 2.11 bits per heavy atom. The minimum atomic E-state index is -1.08. The number of ketones is 1. The van der Waals surface area contributed by atoms with Crippen LogP contribution in [0.1, 0.15) is 71.6 Å². The van der Waals surface area contributed by atoms with Crippen molar-refractivity contribution in [3.8, 4) is 0 Å². The van der Waals surface area contributed by atoms with E-state index < -0.39 is 22.9 Å². The minimum Gasteiger partial charge on any atom is -0.468 e. The monoisotopic (exact) mass is 392 g/mol. The molecular formula is C23H36O5. The second-order valence-electron chi connectivity index (χ2n) is 7.94. The lowest BCUT2D eigenvalue weighted by Gasteiger charge is -2.32. The molecule has 1 saturated carbocycles.